The summed E-state index contributed by atoms with van der Waals surface area (Å²) >= 11 is 2.00. The Morgan fingerprint density at radius 2 is 1.66 bits per heavy atom. The van der Waals surface area contributed by atoms with Crippen molar-refractivity contribution in [2.24, 2.45) is 0 Å². The van der Waals surface area contributed by atoms with Crippen LogP contribution in [0.5, 0.6) is 5.75 Å². The van der Waals surface area contributed by atoms with E-state index in [1.807, 2.05) is 42.5 Å². The second kappa shape index (κ2) is 9.46. The number of carbonyl (C=O) groups excluding carboxylic acids is 2. The average molecular weight is 470 g/mol. The molecule has 164 valence electrons. The van der Waals surface area contributed by atoms with Crippen LogP contribution in [0.25, 0.3) is 0 Å². The summed E-state index contributed by atoms with van der Waals surface area (Å²) in [6, 6.07) is 17.0. The van der Waals surface area contributed by atoms with Gasteiger partial charge >= 0.3 is 16.8 Å². The third-order valence-corrected chi connectivity index (χ3v) is 7.07. The second-order valence-electron chi connectivity index (χ2n) is 6.81. The van der Waals surface area contributed by atoms with E-state index >= 15 is 0 Å². The molecule has 1 aromatic heterocycles. The van der Waals surface area contributed by atoms with E-state index < -0.39 is 17.9 Å². The Balaban J connectivity index is 1.71. The SMILES string of the molecule is COC(=O)C1=C(C(=O)OC)[C@H](c2ccc(OCc3ccccc3)cc2)c2sc(=O)[nH]c2S1. The van der Waals surface area contributed by atoms with Crippen LogP contribution in [0.4, 0.5) is 0 Å². The first-order chi connectivity index (χ1) is 15.5. The highest BCUT2D eigenvalue weighted by molar-refractivity contribution is 8.04. The monoisotopic (exact) mass is 469 g/mol. The van der Waals surface area contributed by atoms with E-state index in [1.165, 1.54) is 14.2 Å². The van der Waals surface area contributed by atoms with Crippen molar-refractivity contribution in [3.63, 3.8) is 0 Å². The number of hydrogen-bond acceptors (Lipinski definition) is 8. The van der Waals surface area contributed by atoms with Gasteiger partial charge < -0.3 is 19.2 Å². The average Bonchev–Trinajstić information content (AvgIpc) is 3.21. The first-order valence-electron chi connectivity index (χ1n) is 9.60. The van der Waals surface area contributed by atoms with Crippen LogP contribution in [0.2, 0.25) is 0 Å². The lowest BCUT2D eigenvalue weighted by Gasteiger charge is -2.25. The molecular formula is C23H19NO6S2. The van der Waals surface area contributed by atoms with Crippen molar-refractivity contribution in [1.82, 2.24) is 4.98 Å². The predicted octanol–water partition coefficient (Wildman–Crippen LogP) is 3.85. The maximum absolute atomic E-state index is 12.7. The van der Waals surface area contributed by atoms with E-state index in [0.29, 0.717) is 22.3 Å². The fourth-order valence-corrected chi connectivity index (χ4v) is 5.62. The normalized spacial score (nSPS) is 15.1. The molecule has 0 amide bonds. The zero-order valence-corrected chi connectivity index (χ0v) is 18.9. The van der Waals surface area contributed by atoms with Crippen molar-refractivity contribution < 1.29 is 23.8 Å². The van der Waals surface area contributed by atoms with Gasteiger partial charge in [0.25, 0.3) is 0 Å². The third kappa shape index (κ3) is 4.35. The van der Waals surface area contributed by atoms with Gasteiger partial charge in [0.1, 0.15) is 17.3 Å². The Labute approximate surface area is 192 Å². The van der Waals surface area contributed by atoms with Crippen molar-refractivity contribution in [3.05, 3.63) is 90.7 Å². The number of aromatic nitrogens is 1. The molecule has 3 aromatic rings. The lowest BCUT2D eigenvalue weighted by Crippen LogP contribution is -2.22. The standard InChI is InChI=1S/C23H19NO6S2/c1-28-21(25)17-16(18-20(24-23(27)32-18)31-19(17)22(26)29-2)14-8-10-15(11-9-14)30-12-13-6-4-3-5-7-13/h3-11,16H,12H2,1-2H3,(H,24,27)/t16-/m0/s1. The number of thioether (sulfide) groups is 1. The van der Waals surface area contributed by atoms with Crippen molar-refractivity contribution in [1.29, 1.82) is 0 Å². The highest BCUT2D eigenvalue weighted by atomic mass is 32.2. The van der Waals surface area contributed by atoms with Crippen molar-refractivity contribution in [2.75, 3.05) is 14.2 Å². The summed E-state index contributed by atoms with van der Waals surface area (Å²) in [6.45, 7) is 0.420. The molecule has 1 atom stereocenters. The van der Waals surface area contributed by atoms with E-state index in [-0.39, 0.29) is 15.4 Å². The number of nitrogens with one attached hydrogen (secondary N) is 1. The van der Waals surface area contributed by atoms with Gasteiger partial charge in [-0.05, 0) is 23.3 Å². The number of ether oxygens (including phenoxy) is 3. The van der Waals surface area contributed by atoms with E-state index in [0.717, 1.165) is 34.2 Å². The maximum atomic E-state index is 12.7. The molecule has 2 heterocycles. The number of aromatic amines is 1. The van der Waals surface area contributed by atoms with Crippen molar-refractivity contribution in [3.8, 4) is 5.75 Å². The molecule has 1 aliphatic rings. The quantitative estimate of drug-likeness (QED) is 0.548. The lowest BCUT2D eigenvalue weighted by molar-refractivity contribution is -0.139. The summed E-state index contributed by atoms with van der Waals surface area (Å²) in [5, 5.41) is 0.516. The van der Waals surface area contributed by atoms with Gasteiger partial charge in [-0.1, -0.05) is 65.6 Å². The fraction of sp³-hybridized carbons (Fsp3) is 0.174. The van der Waals surface area contributed by atoms with Crippen LogP contribution < -0.4 is 9.61 Å². The molecule has 0 fully saturated rings. The van der Waals surface area contributed by atoms with Gasteiger partial charge in [-0.25, -0.2) is 9.59 Å². The zero-order valence-electron chi connectivity index (χ0n) is 17.2. The summed E-state index contributed by atoms with van der Waals surface area (Å²) in [6.07, 6.45) is 0. The van der Waals surface area contributed by atoms with Gasteiger partial charge in [-0.3, -0.25) is 4.79 Å². The first-order valence-corrected chi connectivity index (χ1v) is 11.2. The molecule has 9 heteroatoms. The Hall–Kier alpha value is -3.30. The molecule has 2 aromatic carbocycles. The number of rotatable bonds is 6. The number of benzene rings is 2. The molecular weight excluding hydrogens is 450 g/mol. The predicted molar refractivity (Wildman–Crippen MR) is 121 cm³/mol. The molecule has 0 saturated carbocycles. The number of H-pyrrole nitrogens is 1. The molecule has 7 nitrogen and oxygen atoms in total. The summed E-state index contributed by atoms with van der Waals surface area (Å²) in [7, 11) is 2.49. The second-order valence-corrected chi connectivity index (χ2v) is 8.85. The summed E-state index contributed by atoms with van der Waals surface area (Å²) in [5.41, 5.74) is 1.90. The minimum atomic E-state index is -0.666. The van der Waals surface area contributed by atoms with Gasteiger partial charge in [-0.2, -0.15) is 0 Å². The van der Waals surface area contributed by atoms with E-state index in [1.54, 1.807) is 12.1 Å². The van der Waals surface area contributed by atoms with E-state index in [4.69, 9.17) is 14.2 Å². The molecule has 4 rings (SSSR count). The minimum absolute atomic E-state index is 0.0929. The molecule has 0 spiro atoms. The maximum Gasteiger partial charge on any atom is 0.345 e. The van der Waals surface area contributed by atoms with Crippen LogP contribution >= 0.6 is 23.1 Å². The minimum Gasteiger partial charge on any atom is -0.489 e. The van der Waals surface area contributed by atoms with Gasteiger partial charge in [-0.15, -0.1) is 0 Å². The van der Waals surface area contributed by atoms with Crippen molar-refractivity contribution >= 4 is 35.0 Å². The Bertz CT molecular complexity index is 1230. The fourth-order valence-electron chi connectivity index (χ4n) is 3.39. The van der Waals surface area contributed by atoms with Gasteiger partial charge in [0.2, 0.25) is 0 Å². The molecule has 0 saturated heterocycles. The number of esters is 2. The summed E-state index contributed by atoms with van der Waals surface area (Å²) < 4.78 is 15.7. The highest BCUT2D eigenvalue weighted by Crippen LogP contribution is 2.48. The number of methoxy groups -OCH3 is 2. The largest absolute Gasteiger partial charge is 0.489 e. The molecule has 1 aliphatic heterocycles. The number of thiazole rings is 1. The van der Waals surface area contributed by atoms with Gasteiger partial charge in [0.15, 0.2) is 0 Å². The molecule has 32 heavy (non-hydrogen) atoms. The van der Waals surface area contributed by atoms with Gasteiger partial charge in [0, 0.05) is 0 Å². The van der Waals surface area contributed by atoms with Crippen LogP contribution in [-0.2, 0) is 25.7 Å². The summed E-state index contributed by atoms with van der Waals surface area (Å²) in [4.78, 5) is 40.4. The molecule has 0 aliphatic carbocycles. The third-order valence-electron chi connectivity index (χ3n) is 4.88. The molecule has 0 bridgehead atoms. The van der Waals surface area contributed by atoms with Crippen LogP contribution in [0.1, 0.15) is 21.9 Å². The number of hydrogen-bond donors (Lipinski definition) is 1. The molecule has 1 N–H and O–H groups in total. The number of carbonyl (C=O) groups is 2. The Morgan fingerprint density at radius 1 is 0.969 bits per heavy atom. The molecule has 0 radical (unpaired) electrons. The van der Waals surface area contributed by atoms with Crippen molar-refractivity contribution in [2.45, 2.75) is 17.6 Å². The smallest absolute Gasteiger partial charge is 0.345 e. The van der Waals surface area contributed by atoms with Gasteiger partial charge in [0.05, 0.1) is 35.6 Å². The zero-order chi connectivity index (χ0) is 22.7. The Morgan fingerprint density at radius 3 is 2.31 bits per heavy atom. The van der Waals surface area contributed by atoms with E-state index in [9.17, 15) is 14.4 Å². The first kappa shape index (κ1) is 21.9. The van der Waals surface area contributed by atoms with Crippen LogP contribution in [0.15, 0.2) is 74.9 Å². The summed E-state index contributed by atoms with van der Waals surface area (Å²) in [5.74, 6) is -1.32. The van der Waals surface area contributed by atoms with Crippen LogP contribution in [0.3, 0.4) is 0 Å². The van der Waals surface area contributed by atoms with Crippen LogP contribution in [0, 0.1) is 0 Å². The number of fused-ring (bicyclic) bond motifs is 1. The Kier molecular flexibility index (Phi) is 6.48. The van der Waals surface area contributed by atoms with E-state index in [2.05, 4.69) is 4.98 Å². The topological polar surface area (TPSA) is 94.7 Å². The lowest BCUT2D eigenvalue weighted by atomic mass is 9.89. The van der Waals surface area contributed by atoms with Crippen LogP contribution in [-0.4, -0.2) is 31.1 Å². The highest BCUT2D eigenvalue weighted by Gasteiger charge is 2.39. The molecule has 0 unspecified atom stereocenters.